The summed E-state index contributed by atoms with van der Waals surface area (Å²) in [5.74, 6) is 0.185. The van der Waals surface area contributed by atoms with Gasteiger partial charge in [0.2, 0.25) is 0 Å². The summed E-state index contributed by atoms with van der Waals surface area (Å²) >= 11 is 6.20. The highest BCUT2D eigenvalue weighted by Crippen LogP contribution is 2.31. The molecule has 1 N–H and O–H groups in total. The van der Waals surface area contributed by atoms with E-state index < -0.39 is 11.9 Å². The van der Waals surface area contributed by atoms with Crippen molar-refractivity contribution in [1.82, 2.24) is 10.2 Å². The third-order valence-electron chi connectivity index (χ3n) is 5.14. The van der Waals surface area contributed by atoms with Gasteiger partial charge in [-0.1, -0.05) is 48.0 Å². The highest BCUT2D eigenvalue weighted by Gasteiger charge is 2.33. The van der Waals surface area contributed by atoms with Crippen molar-refractivity contribution in [3.63, 3.8) is 0 Å². The molecule has 1 fully saturated rings. The van der Waals surface area contributed by atoms with Crippen LogP contribution in [0.4, 0.5) is 9.18 Å². The number of nitrogens with one attached hydrogen (secondary N) is 1. The molecule has 3 amide bonds. The number of rotatable bonds is 8. The summed E-state index contributed by atoms with van der Waals surface area (Å²) in [5.41, 5.74) is 2.28. The molecular formula is C26H22ClFN2O4. The van der Waals surface area contributed by atoms with Crippen LogP contribution in [0.1, 0.15) is 23.6 Å². The summed E-state index contributed by atoms with van der Waals surface area (Å²) in [5, 5.41) is 3.20. The Kier molecular flexibility index (Phi) is 7.13. The Morgan fingerprint density at radius 2 is 1.76 bits per heavy atom. The molecule has 3 aromatic carbocycles. The van der Waals surface area contributed by atoms with Crippen molar-refractivity contribution < 1.29 is 23.5 Å². The van der Waals surface area contributed by atoms with Crippen LogP contribution < -0.4 is 14.8 Å². The average molecular weight is 481 g/mol. The van der Waals surface area contributed by atoms with Crippen LogP contribution in [0.15, 0.2) is 72.4 Å². The van der Waals surface area contributed by atoms with E-state index in [1.165, 1.54) is 24.3 Å². The van der Waals surface area contributed by atoms with E-state index in [1.807, 2.05) is 25.1 Å². The number of hydrogen-bond donors (Lipinski definition) is 1. The second-order valence-corrected chi connectivity index (χ2v) is 7.93. The first kappa shape index (κ1) is 23.3. The summed E-state index contributed by atoms with van der Waals surface area (Å²) in [7, 11) is 0. The first-order valence-electron chi connectivity index (χ1n) is 10.7. The zero-order chi connectivity index (χ0) is 24.1. The van der Waals surface area contributed by atoms with Gasteiger partial charge < -0.3 is 14.8 Å². The SMILES string of the molecule is CCOc1cc(/C=C2/NC(=O)N(Cc3ccc(F)cc3)C2=O)ccc1OCc1ccccc1Cl. The van der Waals surface area contributed by atoms with Gasteiger partial charge >= 0.3 is 6.03 Å². The zero-order valence-electron chi connectivity index (χ0n) is 18.4. The molecular weight excluding hydrogens is 459 g/mol. The lowest BCUT2D eigenvalue weighted by Crippen LogP contribution is -2.30. The molecule has 0 spiro atoms. The summed E-state index contributed by atoms with van der Waals surface area (Å²) in [4.78, 5) is 26.2. The van der Waals surface area contributed by atoms with Crippen LogP contribution in [-0.2, 0) is 17.9 Å². The van der Waals surface area contributed by atoms with Crippen LogP contribution in [0.3, 0.4) is 0 Å². The highest BCUT2D eigenvalue weighted by molar-refractivity contribution is 6.31. The fourth-order valence-electron chi connectivity index (χ4n) is 3.43. The quantitative estimate of drug-likeness (QED) is 0.339. The van der Waals surface area contributed by atoms with Crippen molar-refractivity contribution in [2.24, 2.45) is 0 Å². The van der Waals surface area contributed by atoms with Crippen LogP contribution in [0.25, 0.3) is 6.08 Å². The van der Waals surface area contributed by atoms with Gasteiger partial charge in [-0.2, -0.15) is 0 Å². The molecule has 1 heterocycles. The Morgan fingerprint density at radius 3 is 2.50 bits per heavy atom. The number of carbonyl (C=O) groups excluding carboxylic acids is 2. The molecule has 1 aliphatic rings. The number of imide groups is 1. The van der Waals surface area contributed by atoms with E-state index in [0.717, 1.165) is 10.5 Å². The van der Waals surface area contributed by atoms with Gasteiger partial charge in [-0.15, -0.1) is 0 Å². The van der Waals surface area contributed by atoms with E-state index in [1.54, 1.807) is 30.3 Å². The molecule has 0 bridgehead atoms. The molecule has 3 aromatic rings. The third-order valence-corrected chi connectivity index (χ3v) is 5.50. The van der Waals surface area contributed by atoms with Crippen LogP contribution in [-0.4, -0.2) is 23.4 Å². The van der Waals surface area contributed by atoms with E-state index in [0.29, 0.717) is 34.3 Å². The number of nitrogens with zero attached hydrogens (tertiary/aromatic N) is 1. The van der Waals surface area contributed by atoms with Crippen LogP contribution >= 0.6 is 11.6 Å². The second kappa shape index (κ2) is 10.4. The molecule has 0 radical (unpaired) electrons. The number of benzene rings is 3. The molecule has 4 rings (SSSR count). The standard InChI is InChI=1S/C26H22ClFN2O4/c1-2-33-24-14-18(9-12-23(24)34-16-19-5-3-4-6-21(19)27)13-22-25(31)30(26(32)29-22)15-17-7-10-20(28)11-8-17/h3-14H,2,15-16H2,1H3,(H,29,32)/b22-13+. The second-order valence-electron chi connectivity index (χ2n) is 7.53. The number of hydrogen-bond acceptors (Lipinski definition) is 4. The van der Waals surface area contributed by atoms with Gasteiger partial charge in [-0.3, -0.25) is 9.69 Å². The van der Waals surface area contributed by atoms with Crippen LogP contribution in [0, 0.1) is 5.82 Å². The summed E-state index contributed by atoms with van der Waals surface area (Å²) in [6.45, 7) is 2.59. The molecule has 0 aliphatic carbocycles. The third kappa shape index (κ3) is 5.38. The molecule has 1 aliphatic heterocycles. The number of urea groups is 1. The number of ether oxygens (including phenoxy) is 2. The predicted molar refractivity (Wildman–Crippen MR) is 127 cm³/mol. The first-order valence-corrected chi connectivity index (χ1v) is 11.0. The number of carbonyl (C=O) groups is 2. The molecule has 174 valence electrons. The Bertz CT molecular complexity index is 1240. The van der Waals surface area contributed by atoms with E-state index in [-0.39, 0.29) is 24.7 Å². The van der Waals surface area contributed by atoms with Gasteiger partial charge in [0, 0.05) is 10.6 Å². The lowest BCUT2D eigenvalue weighted by molar-refractivity contribution is -0.123. The van der Waals surface area contributed by atoms with Crippen molar-refractivity contribution in [2.75, 3.05) is 6.61 Å². The van der Waals surface area contributed by atoms with E-state index >= 15 is 0 Å². The maximum atomic E-state index is 13.1. The van der Waals surface area contributed by atoms with Crippen LogP contribution in [0.2, 0.25) is 5.02 Å². The first-order chi connectivity index (χ1) is 16.4. The predicted octanol–water partition coefficient (Wildman–Crippen LogP) is 5.55. The lowest BCUT2D eigenvalue weighted by Gasteiger charge is -2.13. The van der Waals surface area contributed by atoms with Gasteiger partial charge in [0.1, 0.15) is 18.1 Å². The Hall–Kier alpha value is -3.84. The monoisotopic (exact) mass is 480 g/mol. The van der Waals surface area contributed by atoms with Gasteiger partial charge in [0.15, 0.2) is 11.5 Å². The van der Waals surface area contributed by atoms with Gasteiger partial charge in [-0.05, 0) is 54.5 Å². The highest BCUT2D eigenvalue weighted by atomic mass is 35.5. The Morgan fingerprint density at radius 1 is 1.00 bits per heavy atom. The number of halogens is 2. The summed E-state index contributed by atoms with van der Waals surface area (Å²) in [6, 6.07) is 17.8. The largest absolute Gasteiger partial charge is 0.490 e. The molecule has 0 saturated carbocycles. The zero-order valence-corrected chi connectivity index (χ0v) is 19.1. The Labute approximate surface area is 201 Å². The minimum Gasteiger partial charge on any atom is -0.490 e. The van der Waals surface area contributed by atoms with E-state index in [4.69, 9.17) is 21.1 Å². The maximum Gasteiger partial charge on any atom is 0.329 e. The van der Waals surface area contributed by atoms with Gasteiger partial charge in [-0.25, -0.2) is 9.18 Å². The topological polar surface area (TPSA) is 67.9 Å². The lowest BCUT2D eigenvalue weighted by atomic mass is 10.1. The van der Waals surface area contributed by atoms with Crippen molar-refractivity contribution in [2.45, 2.75) is 20.1 Å². The fourth-order valence-corrected chi connectivity index (χ4v) is 3.62. The Balaban J connectivity index is 1.51. The molecule has 34 heavy (non-hydrogen) atoms. The maximum absolute atomic E-state index is 13.1. The minimum atomic E-state index is -0.537. The van der Waals surface area contributed by atoms with Crippen molar-refractivity contribution in [1.29, 1.82) is 0 Å². The van der Waals surface area contributed by atoms with Crippen LogP contribution in [0.5, 0.6) is 11.5 Å². The van der Waals surface area contributed by atoms with E-state index in [9.17, 15) is 14.0 Å². The van der Waals surface area contributed by atoms with E-state index in [2.05, 4.69) is 5.32 Å². The smallest absolute Gasteiger partial charge is 0.329 e. The molecule has 0 aromatic heterocycles. The molecule has 0 atom stereocenters. The fraction of sp³-hybridized carbons (Fsp3) is 0.154. The summed E-state index contributed by atoms with van der Waals surface area (Å²) in [6.07, 6.45) is 1.57. The van der Waals surface area contributed by atoms with Gasteiger partial charge in [0.25, 0.3) is 5.91 Å². The van der Waals surface area contributed by atoms with Gasteiger partial charge in [0.05, 0.1) is 13.2 Å². The molecule has 1 saturated heterocycles. The average Bonchev–Trinajstić information content (AvgIpc) is 3.08. The van der Waals surface area contributed by atoms with Crippen molar-refractivity contribution in [3.8, 4) is 11.5 Å². The number of amides is 3. The molecule has 0 unspecified atom stereocenters. The van der Waals surface area contributed by atoms with Crippen molar-refractivity contribution in [3.05, 3.63) is 100.0 Å². The molecule has 6 nitrogen and oxygen atoms in total. The normalized spacial score (nSPS) is 14.4. The molecule has 8 heteroatoms. The minimum absolute atomic E-state index is 0.0430. The van der Waals surface area contributed by atoms with Crippen molar-refractivity contribution >= 4 is 29.6 Å². The summed E-state index contributed by atoms with van der Waals surface area (Å²) < 4.78 is 24.8.